The molecule has 3 aromatic rings. The van der Waals surface area contributed by atoms with E-state index in [1.54, 1.807) is 27.7 Å². The molecule has 0 spiro atoms. The summed E-state index contributed by atoms with van der Waals surface area (Å²) >= 11 is 0. The van der Waals surface area contributed by atoms with Crippen LogP contribution in [0.3, 0.4) is 0 Å². The quantitative estimate of drug-likeness (QED) is 0.189. The van der Waals surface area contributed by atoms with Gasteiger partial charge in [-0.3, -0.25) is 4.57 Å². The summed E-state index contributed by atoms with van der Waals surface area (Å²) in [6.45, 7) is 7.21. The van der Waals surface area contributed by atoms with E-state index in [4.69, 9.17) is 18.5 Å². The highest BCUT2D eigenvalue weighted by atomic mass is 31.2. The van der Waals surface area contributed by atoms with Crippen LogP contribution in [0, 0.1) is 5.92 Å². The molecule has 0 radical (unpaired) electrons. The Morgan fingerprint density at radius 3 is 1.57 bits per heavy atom. The fraction of sp³-hybridized carbons (Fsp3) is 0.400. The van der Waals surface area contributed by atoms with Crippen molar-refractivity contribution in [1.82, 2.24) is 0 Å². The molecule has 4 rings (SSSR count). The van der Waals surface area contributed by atoms with Crippen LogP contribution < -0.4 is 0 Å². The Hall–Kier alpha value is -2.34. The third-order valence-electron chi connectivity index (χ3n) is 6.28. The van der Waals surface area contributed by atoms with E-state index in [1.807, 2.05) is 91.0 Å². The van der Waals surface area contributed by atoms with Gasteiger partial charge in [0.2, 0.25) is 6.36 Å². The lowest BCUT2D eigenvalue weighted by Gasteiger charge is -2.38. The van der Waals surface area contributed by atoms with Gasteiger partial charge in [0.15, 0.2) is 5.85 Å². The molecule has 0 aromatic heterocycles. The summed E-state index contributed by atoms with van der Waals surface area (Å²) in [7, 11) is -3.63. The molecule has 1 aliphatic rings. The van der Waals surface area contributed by atoms with Crippen LogP contribution >= 0.6 is 7.60 Å². The van der Waals surface area contributed by atoms with Gasteiger partial charge < -0.3 is 18.5 Å². The maximum atomic E-state index is 16.3. The predicted molar refractivity (Wildman–Crippen MR) is 143 cm³/mol. The second-order valence-electron chi connectivity index (χ2n) is 9.88. The van der Waals surface area contributed by atoms with Gasteiger partial charge in [0, 0.05) is 5.92 Å². The number of hydrogen-bond acceptors (Lipinski definition) is 5. The van der Waals surface area contributed by atoms with Crippen LogP contribution in [0.25, 0.3) is 0 Å². The molecule has 198 valence electrons. The van der Waals surface area contributed by atoms with Crippen molar-refractivity contribution >= 4 is 7.60 Å². The minimum Gasteiger partial charge on any atom is -0.365 e. The molecule has 0 aliphatic carbocycles. The van der Waals surface area contributed by atoms with Gasteiger partial charge in [-0.25, -0.2) is 4.39 Å². The predicted octanol–water partition coefficient (Wildman–Crippen LogP) is 7.70. The largest absolute Gasteiger partial charge is 0.365 e. The molecule has 0 amide bonds. The number of alkyl halides is 1. The van der Waals surface area contributed by atoms with E-state index in [0.29, 0.717) is 0 Å². The first-order valence-corrected chi connectivity index (χ1v) is 14.4. The zero-order valence-corrected chi connectivity index (χ0v) is 22.7. The molecule has 0 saturated carbocycles. The third kappa shape index (κ3) is 6.22. The monoisotopic (exact) mass is 526 g/mol. The highest BCUT2D eigenvalue weighted by molar-refractivity contribution is 7.54. The topological polar surface area (TPSA) is 54.0 Å². The molecule has 3 atom stereocenters. The number of halogens is 1. The van der Waals surface area contributed by atoms with Crippen molar-refractivity contribution in [2.45, 2.75) is 64.1 Å². The summed E-state index contributed by atoms with van der Waals surface area (Å²) in [6.07, 6.45) is -2.21. The molecular weight excluding hydrogens is 490 g/mol. The van der Waals surface area contributed by atoms with Gasteiger partial charge in [-0.1, -0.05) is 91.0 Å². The fourth-order valence-electron chi connectivity index (χ4n) is 4.77. The Kier molecular flexibility index (Phi) is 8.99. The van der Waals surface area contributed by atoms with E-state index in [9.17, 15) is 4.57 Å². The van der Waals surface area contributed by atoms with Crippen molar-refractivity contribution in [1.29, 1.82) is 0 Å². The van der Waals surface area contributed by atoms with Crippen LogP contribution in [-0.2, 0) is 28.7 Å². The Labute approximate surface area is 219 Å². The SMILES string of the molecule is CC(C)OP(=O)(OC(C)C)[C@H]1C[C@@H](C(F)OC(c2ccccc2)(c2ccccc2)c2ccccc2)CO1. The van der Waals surface area contributed by atoms with Crippen LogP contribution in [0.5, 0.6) is 0 Å². The van der Waals surface area contributed by atoms with Crippen molar-refractivity contribution in [2.75, 3.05) is 6.61 Å². The summed E-state index contributed by atoms with van der Waals surface area (Å²) in [5, 5.41) is 0. The Morgan fingerprint density at radius 1 is 0.784 bits per heavy atom. The van der Waals surface area contributed by atoms with Gasteiger partial charge >= 0.3 is 7.60 Å². The maximum absolute atomic E-state index is 16.3. The molecule has 1 unspecified atom stereocenters. The zero-order valence-electron chi connectivity index (χ0n) is 21.8. The summed E-state index contributed by atoms with van der Waals surface area (Å²) < 4.78 is 53.7. The molecule has 1 saturated heterocycles. The number of benzene rings is 3. The maximum Gasteiger partial charge on any atom is 0.359 e. The van der Waals surface area contributed by atoms with E-state index in [-0.39, 0.29) is 25.2 Å². The van der Waals surface area contributed by atoms with Gasteiger partial charge in [0.05, 0.1) is 18.8 Å². The molecule has 1 heterocycles. The van der Waals surface area contributed by atoms with Gasteiger partial charge in [0.1, 0.15) is 5.60 Å². The first-order valence-electron chi connectivity index (χ1n) is 12.8. The Morgan fingerprint density at radius 2 is 1.19 bits per heavy atom. The molecule has 1 aliphatic heterocycles. The molecule has 0 N–H and O–H groups in total. The summed E-state index contributed by atoms with van der Waals surface area (Å²) in [4.78, 5) is 0. The molecular formula is C30H36FO5P. The molecule has 0 bridgehead atoms. The molecule has 3 aromatic carbocycles. The van der Waals surface area contributed by atoms with Gasteiger partial charge in [-0.05, 0) is 50.8 Å². The van der Waals surface area contributed by atoms with Crippen molar-refractivity contribution in [3.63, 3.8) is 0 Å². The first-order chi connectivity index (χ1) is 17.7. The number of rotatable bonds is 11. The highest BCUT2D eigenvalue weighted by Gasteiger charge is 2.49. The lowest BCUT2D eigenvalue weighted by Crippen LogP contribution is -2.38. The lowest BCUT2D eigenvalue weighted by atomic mass is 9.80. The smallest absolute Gasteiger partial charge is 0.359 e. The second kappa shape index (κ2) is 12.0. The van der Waals surface area contributed by atoms with E-state index in [1.165, 1.54) is 0 Å². The van der Waals surface area contributed by atoms with Crippen LogP contribution in [0.15, 0.2) is 91.0 Å². The fourth-order valence-corrected chi connectivity index (χ4v) is 7.06. The summed E-state index contributed by atoms with van der Waals surface area (Å²) in [5.41, 5.74) is 1.22. The average Bonchev–Trinajstić information content (AvgIpc) is 3.40. The van der Waals surface area contributed by atoms with Crippen molar-refractivity contribution in [2.24, 2.45) is 5.92 Å². The van der Waals surface area contributed by atoms with Crippen LogP contribution in [-0.4, -0.2) is 31.0 Å². The van der Waals surface area contributed by atoms with Gasteiger partial charge in [-0.2, -0.15) is 0 Å². The van der Waals surface area contributed by atoms with Gasteiger partial charge in [0.25, 0.3) is 0 Å². The normalized spacial score (nSPS) is 19.4. The van der Waals surface area contributed by atoms with E-state index in [0.717, 1.165) is 16.7 Å². The van der Waals surface area contributed by atoms with Crippen molar-refractivity contribution in [3.8, 4) is 0 Å². The Bertz CT molecular complexity index is 1050. The van der Waals surface area contributed by atoms with Crippen molar-refractivity contribution < 1.29 is 27.5 Å². The standard InChI is InChI=1S/C30H36FO5P/c1-22(2)35-37(32,36-23(3)4)28-20-24(21-33-28)29(31)34-30(25-14-8-5-9-15-25,26-16-10-6-11-17-26)27-18-12-7-13-19-27/h5-19,22-24,28-29H,20-21H2,1-4H3/t24-,28+,29?/m1/s1. The van der Waals surface area contributed by atoms with Crippen molar-refractivity contribution in [3.05, 3.63) is 108 Å². The minimum absolute atomic E-state index is 0.0488. The average molecular weight is 527 g/mol. The molecule has 7 heteroatoms. The second-order valence-corrected chi connectivity index (χ2v) is 12.0. The Balaban J connectivity index is 1.69. The van der Waals surface area contributed by atoms with Crippen LogP contribution in [0.1, 0.15) is 50.8 Å². The van der Waals surface area contributed by atoms with E-state index < -0.39 is 31.3 Å². The minimum atomic E-state index is -3.63. The van der Waals surface area contributed by atoms with Crippen LogP contribution in [0.4, 0.5) is 4.39 Å². The van der Waals surface area contributed by atoms with E-state index in [2.05, 4.69) is 0 Å². The third-order valence-corrected chi connectivity index (χ3v) is 8.77. The zero-order chi connectivity index (χ0) is 26.5. The molecule has 37 heavy (non-hydrogen) atoms. The number of ether oxygens (including phenoxy) is 2. The summed E-state index contributed by atoms with van der Waals surface area (Å²) in [5.74, 6) is -1.51. The highest BCUT2D eigenvalue weighted by Crippen LogP contribution is 2.59. The van der Waals surface area contributed by atoms with E-state index >= 15 is 4.39 Å². The first kappa shape index (κ1) is 27.7. The lowest BCUT2D eigenvalue weighted by molar-refractivity contribution is -0.141. The van der Waals surface area contributed by atoms with Gasteiger partial charge in [-0.15, -0.1) is 0 Å². The number of hydrogen-bond donors (Lipinski definition) is 0. The molecule has 1 fully saturated rings. The molecule has 5 nitrogen and oxygen atoms in total. The summed E-state index contributed by atoms with van der Waals surface area (Å²) in [6, 6.07) is 29.0. The van der Waals surface area contributed by atoms with Crippen LogP contribution in [0.2, 0.25) is 0 Å².